The number of nitrogens with one attached hydrogen (secondary N) is 2. The number of nitrogens with zero attached hydrogens (tertiary/aromatic N) is 4. The fourth-order valence-electron chi connectivity index (χ4n) is 4.67. The molecule has 0 aliphatic heterocycles. The van der Waals surface area contributed by atoms with Gasteiger partial charge in [-0.15, -0.1) is 0 Å². The van der Waals surface area contributed by atoms with Crippen molar-refractivity contribution in [2.75, 3.05) is 12.4 Å². The molecule has 44 heavy (non-hydrogen) atoms. The number of rotatable bonds is 8. The Hall–Kier alpha value is -5.02. The van der Waals surface area contributed by atoms with E-state index in [1.54, 1.807) is 19.1 Å². The van der Waals surface area contributed by atoms with Gasteiger partial charge in [0.1, 0.15) is 34.9 Å². The molecule has 11 nitrogen and oxygen atoms in total. The molecule has 4 rings (SSSR count). The van der Waals surface area contributed by atoms with E-state index in [0.29, 0.717) is 29.1 Å². The quantitative estimate of drug-likeness (QED) is 0.229. The average molecular weight is 623 g/mol. The Balaban J connectivity index is 1.67. The van der Waals surface area contributed by atoms with E-state index in [2.05, 4.69) is 10.3 Å². The van der Waals surface area contributed by atoms with E-state index in [1.807, 2.05) is 5.32 Å². The van der Waals surface area contributed by atoms with Crippen molar-refractivity contribution in [3.8, 4) is 11.1 Å². The third-order valence-corrected chi connectivity index (χ3v) is 7.21. The molecule has 0 unspecified atom stereocenters. The summed E-state index contributed by atoms with van der Waals surface area (Å²) in [6.45, 7) is 2.36. The summed E-state index contributed by atoms with van der Waals surface area (Å²) < 4.78 is 76.7. The molecule has 2 atom stereocenters. The number of esters is 1. The van der Waals surface area contributed by atoms with E-state index >= 15 is 0 Å². The number of carbonyl (C=O) groups is 2. The minimum absolute atomic E-state index is 0.212. The Labute approximate surface area is 245 Å². The van der Waals surface area contributed by atoms with E-state index in [1.165, 1.54) is 35.5 Å². The monoisotopic (exact) mass is 622 g/mol. The van der Waals surface area contributed by atoms with Crippen molar-refractivity contribution >= 4 is 23.2 Å². The van der Waals surface area contributed by atoms with Crippen molar-refractivity contribution in [1.29, 1.82) is 0 Å². The molecule has 234 valence electrons. The summed E-state index contributed by atoms with van der Waals surface area (Å²) in [6.07, 6.45) is -2.00. The number of ether oxygens (including phenoxy) is 1. The van der Waals surface area contributed by atoms with Gasteiger partial charge in [-0.05, 0) is 38.1 Å². The Morgan fingerprint density at radius 3 is 2.30 bits per heavy atom. The van der Waals surface area contributed by atoms with Crippen LogP contribution < -0.4 is 21.9 Å². The predicted octanol–water partition coefficient (Wildman–Crippen LogP) is 2.86. The number of benzene rings is 1. The standard InChI is InChI=1S/C28H27F5N6O5/c1-13-21(25(41)38(4)27(43)37(13)3)17-7-6-16(39-9-8-34-23(17)39)12-20(26(42)44-5)36-24(40)22-18(29)10-15(11-19(22)30)35-14(2)28(31,32)33/h6-11,14,20,35H,12H2,1-5H3,(H,36,40)/t14-,20+/m1/s1. The van der Waals surface area contributed by atoms with Crippen LogP contribution in [0.5, 0.6) is 0 Å². The lowest BCUT2D eigenvalue weighted by atomic mass is 10.0. The number of halogens is 5. The number of pyridine rings is 1. The summed E-state index contributed by atoms with van der Waals surface area (Å²) in [5, 5.41) is 4.14. The Morgan fingerprint density at radius 1 is 1.07 bits per heavy atom. The van der Waals surface area contributed by atoms with Crippen LogP contribution in [0.2, 0.25) is 0 Å². The Bertz CT molecular complexity index is 1870. The summed E-state index contributed by atoms with van der Waals surface area (Å²) >= 11 is 0. The van der Waals surface area contributed by atoms with Crippen molar-refractivity contribution in [1.82, 2.24) is 23.8 Å². The number of aromatic nitrogens is 4. The summed E-state index contributed by atoms with van der Waals surface area (Å²) in [4.78, 5) is 55.3. The van der Waals surface area contributed by atoms with Gasteiger partial charge in [0.2, 0.25) is 0 Å². The molecule has 0 bridgehead atoms. The highest BCUT2D eigenvalue weighted by Crippen LogP contribution is 2.27. The highest BCUT2D eigenvalue weighted by Gasteiger charge is 2.36. The van der Waals surface area contributed by atoms with Gasteiger partial charge in [0.25, 0.3) is 11.5 Å². The zero-order valence-electron chi connectivity index (χ0n) is 24.0. The molecule has 0 saturated carbocycles. The van der Waals surface area contributed by atoms with Gasteiger partial charge in [-0.3, -0.25) is 14.2 Å². The van der Waals surface area contributed by atoms with Crippen LogP contribution in [0.1, 0.15) is 28.7 Å². The van der Waals surface area contributed by atoms with Crippen molar-refractivity contribution < 1.29 is 36.3 Å². The van der Waals surface area contributed by atoms with Crippen LogP contribution in [-0.4, -0.2) is 55.8 Å². The predicted molar refractivity (Wildman–Crippen MR) is 148 cm³/mol. The van der Waals surface area contributed by atoms with Gasteiger partial charge in [-0.25, -0.2) is 23.4 Å². The topological polar surface area (TPSA) is 129 Å². The summed E-state index contributed by atoms with van der Waals surface area (Å²) in [5.74, 6) is -5.23. The van der Waals surface area contributed by atoms with Crippen LogP contribution in [0.15, 0.2) is 46.2 Å². The Kier molecular flexibility index (Phi) is 8.65. The molecule has 0 radical (unpaired) electrons. The maximum absolute atomic E-state index is 14.8. The molecule has 0 fully saturated rings. The molecule has 0 aliphatic rings. The van der Waals surface area contributed by atoms with Gasteiger partial charge in [-0.1, -0.05) is 0 Å². The zero-order valence-corrected chi connectivity index (χ0v) is 24.0. The first kappa shape index (κ1) is 31.9. The number of fused-ring (bicyclic) bond motifs is 1. The van der Waals surface area contributed by atoms with Crippen LogP contribution in [0.4, 0.5) is 27.6 Å². The second-order valence-electron chi connectivity index (χ2n) is 10.0. The highest BCUT2D eigenvalue weighted by atomic mass is 19.4. The summed E-state index contributed by atoms with van der Waals surface area (Å²) in [6, 6.07) is 0.559. The van der Waals surface area contributed by atoms with Crippen LogP contribution in [0.25, 0.3) is 16.8 Å². The molecule has 1 aromatic carbocycles. The first-order valence-electron chi connectivity index (χ1n) is 13.0. The lowest BCUT2D eigenvalue weighted by Crippen LogP contribution is -2.44. The molecule has 16 heteroatoms. The van der Waals surface area contributed by atoms with Crippen molar-refractivity contribution in [2.45, 2.75) is 38.5 Å². The van der Waals surface area contributed by atoms with E-state index in [-0.39, 0.29) is 17.6 Å². The van der Waals surface area contributed by atoms with E-state index in [4.69, 9.17) is 4.74 Å². The number of imidazole rings is 1. The van der Waals surface area contributed by atoms with Crippen LogP contribution in [0.3, 0.4) is 0 Å². The summed E-state index contributed by atoms with van der Waals surface area (Å²) in [7, 11) is 3.90. The molecule has 3 aromatic heterocycles. The third kappa shape index (κ3) is 5.91. The lowest BCUT2D eigenvalue weighted by molar-refractivity contribution is -0.143. The lowest BCUT2D eigenvalue weighted by Gasteiger charge is -2.20. The fourth-order valence-corrected chi connectivity index (χ4v) is 4.67. The third-order valence-electron chi connectivity index (χ3n) is 7.21. The first-order chi connectivity index (χ1) is 20.6. The van der Waals surface area contributed by atoms with Crippen LogP contribution >= 0.6 is 0 Å². The smallest absolute Gasteiger partial charge is 0.408 e. The number of amides is 1. The fraction of sp³-hybridized carbons (Fsp3) is 0.321. The number of anilines is 1. The second-order valence-corrected chi connectivity index (χ2v) is 10.0. The van der Waals surface area contributed by atoms with E-state index in [0.717, 1.165) is 18.6 Å². The van der Waals surface area contributed by atoms with Crippen LogP contribution in [-0.2, 0) is 30.0 Å². The number of alkyl halides is 3. The number of hydrogen-bond acceptors (Lipinski definition) is 7. The van der Waals surface area contributed by atoms with Crippen molar-refractivity contribution in [3.63, 3.8) is 0 Å². The normalized spacial score (nSPS) is 13.0. The molecule has 3 heterocycles. The molecular weight excluding hydrogens is 595 g/mol. The summed E-state index contributed by atoms with van der Waals surface area (Å²) in [5.41, 5.74) is -1.10. The van der Waals surface area contributed by atoms with Gasteiger partial charge in [0.15, 0.2) is 0 Å². The maximum atomic E-state index is 14.8. The van der Waals surface area contributed by atoms with Crippen molar-refractivity contribution in [3.05, 3.63) is 86.1 Å². The minimum Gasteiger partial charge on any atom is -0.467 e. The average Bonchev–Trinajstić information content (AvgIpc) is 3.45. The van der Waals surface area contributed by atoms with Gasteiger partial charge in [0.05, 0.1) is 12.7 Å². The van der Waals surface area contributed by atoms with Gasteiger partial charge >= 0.3 is 17.8 Å². The molecule has 2 N–H and O–H groups in total. The SMILES string of the molecule is COC(=O)[C@H](Cc1ccc(-c2c(C)n(C)c(=O)n(C)c2=O)c2nccn12)NC(=O)c1c(F)cc(N[C@H](C)C(F)(F)F)cc1F. The van der Waals surface area contributed by atoms with Crippen LogP contribution in [0, 0.1) is 18.6 Å². The first-order valence-corrected chi connectivity index (χ1v) is 13.0. The van der Waals surface area contributed by atoms with Crippen molar-refractivity contribution in [2.24, 2.45) is 14.1 Å². The zero-order chi connectivity index (χ0) is 32.7. The molecule has 1 amide bonds. The maximum Gasteiger partial charge on any atom is 0.408 e. The second kappa shape index (κ2) is 11.9. The number of carbonyl (C=O) groups excluding carboxylic acids is 2. The molecular formula is C28H27F5N6O5. The molecule has 0 aliphatic carbocycles. The van der Waals surface area contributed by atoms with Gasteiger partial charge < -0.3 is 24.3 Å². The van der Waals surface area contributed by atoms with Gasteiger partial charge in [-0.2, -0.15) is 13.2 Å². The molecule has 0 spiro atoms. The highest BCUT2D eigenvalue weighted by molar-refractivity contribution is 5.97. The largest absolute Gasteiger partial charge is 0.467 e. The van der Waals surface area contributed by atoms with E-state index in [9.17, 15) is 41.1 Å². The number of hydrogen-bond donors (Lipinski definition) is 2. The van der Waals surface area contributed by atoms with Gasteiger partial charge in [0, 0.05) is 55.5 Å². The number of methoxy groups -OCH3 is 1. The molecule has 0 saturated heterocycles. The minimum atomic E-state index is -4.69. The Morgan fingerprint density at radius 2 is 1.70 bits per heavy atom. The van der Waals surface area contributed by atoms with E-state index < -0.39 is 64.3 Å². The molecule has 4 aromatic rings.